The van der Waals surface area contributed by atoms with Crippen molar-refractivity contribution in [2.24, 2.45) is 5.92 Å². The molecular formula is C11H20N4O3S. The Balaban J connectivity index is 2.97. The largest absolute Gasteiger partial charge is 0.346 e. The highest BCUT2D eigenvalue weighted by Crippen LogP contribution is 2.09. The molecule has 8 heteroatoms. The van der Waals surface area contributed by atoms with Crippen LogP contribution >= 0.6 is 0 Å². The standard InChI is InChI=1S/C11H20N4O3S/c1-5-14(6-2)11(16)15-8-12-10(13-15)19(17,18)7-9(3)4/h8-9H,5-7H2,1-4H3. The normalized spacial score (nSPS) is 11.8. The second kappa shape index (κ2) is 6.14. The van der Waals surface area contributed by atoms with Crippen molar-refractivity contribution < 1.29 is 13.2 Å². The number of rotatable bonds is 5. The first-order chi connectivity index (χ1) is 8.81. The first kappa shape index (κ1) is 15.6. The zero-order chi connectivity index (χ0) is 14.6. The molecule has 0 fully saturated rings. The van der Waals surface area contributed by atoms with Gasteiger partial charge in [0.25, 0.3) is 5.16 Å². The molecule has 0 aromatic carbocycles. The quantitative estimate of drug-likeness (QED) is 0.807. The number of aromatic nitrogens is 3. The van der Waals surface area contributed by atoms with Gasteiger partial charge < -0.3 is 4.90 Å². The van der Waals surface area contributed by atoms with Gasteiger partial charge in [-0.2, -0.15) is 4.68 Å². The van der Waals surface area contributed by atoms with Crippen LogP contribution < -0.4 is 0 Å². The van der Waals surface area contributed by atoms with Gasteiger partial charge in [-0.05, 0) is 19.8 Å². The highest BCUT2D eigenvalue weighted by atomic mass is 32.2. The molecule has 1 heterocycles. The molecule has 0 aliphatic rings. The van der Waals surface area contributed by atoms with Gasteiger partial charge in [0, 0.05) is 13.1 Å². The smallest absolute Gasteiger partial charge is 0.323 e. The maximum absolute atomic E-state index is 12.0. The first-order valence-electron chi connectivity index (χ1n) is 6.25. The second-order valence-electron chi connectivity index (χ2n) is 4.60. The summed E-state index contributed by atoms with van der Waals surface area (Å²) in [6.45, 7) is 8.35. The van der Waals surface area contributed by atoms with E-state index in [1.807, 2.05) is 13.8 Å². The van der Waals surface area contributed by atoms with E-state index in [0.29, 0.717) is 13.1 Å². The average Bonchev–Trinajstić information content (AvgIpc) is 2.78. The number of carbonyl (C=O) groups is 1. The predicted molar refractivity (Wildman–Crippen MR) is 70.6 cm³/mol. The van der Waals surface area contributed by atoms with Crippen LogP contribution in [0.3, 0.4) is 0 Å². The van der Waals surface area contributed by atoms with Gasteiger partial charge in [-0.1, -0.05) is 13.8 Å². The van der Waals surface area contributed by atoms with Crippen molar-refractivity contribution in [1.29, 1.82) is 0 Å². The minimum atomic E-state index is -3.53. The number of nitrogens with zero attached hydrogens (tertiary/aromatic N) is 4. The van der Waals surface area contributed by atoms with Gasteiger partial charge in [0.05, 0.1) is 5.75 Å². The third kappa shape index (κ3) is 3.76. The number of amides is 1. The van der Waals surface area contributed by atoms with E-state index >= 15 is 0 Å². The molecule has 1 aromatic heterocycles. The lowest BCUT2D eigenvalue weighted by Gasteiger charge is -2.17. The highest BCUT2D eigenvalue weighted by Gasteiger charge is 2.23. The summed E-state index contributed by atoms with van der Waals surface area (Å²) in [5, 5.41) is 3.49. The summed E-state index contributed by atoms with van der Waals surface area (Å²) in [4.78, 5) is 17.2. The average molecular weight is 288 g/mol. The van der Waals surface area contributed by atoms with Crippen molar-refractivity contribution in [3.05, 3.63) is 6.33 Å². The van der Waals surface area contributed by atoms with E-state index in [9.17, 15) is 13.2 Å². The molecule has 0 aliphatic carbocycles. The molecule has 1 aromatic rings. The molecule has 1 rings (SSSR count). The van der Waals surface area contributed by atoms with E-state index in [1.165, 1.54) is 4.90 Å². The number of carbonyl (C=O) groups excluding carboxylic acids is 1. The lowest BCUT2D eigenvalue weighted by atomic mass is 10.3. The van der Waals surface area contributed by atoms with Crippen molar-refractivity contribution in [3.8, 4) is 0 Å². The third-order valence-corrected chi connectivity index (χ3v) is 4.38. The molecule has 0 saturated carbocycles. The molecule has 0 radical (unpaired) electrons. The van der Waals surface area contributed by atoms with Gasteiger partial charge in [-0.25, -0.2) is 18.2 Å². The molecule has 0 spiro atoms. The fourth-order valence-electron chi connectivity index (χ4n) is 1.63. The van der Waals surface area contributed by atoms with Crippen molar-refractivity contribution >= 4 is 15.9 Å². The Labute approximate surface area is 113 Å². The van der Waals surface area contributed by atoms with Gasteiger partial charge >= 0.3 is 6.03 Å². The van der Waals surface area contributed by atoms with E-state index in [2.05, 4.69) is 10.1 Å². The van der Waals surface area contributed by atoms with E-state index in [4.69, 9.17) is 0 Å². The van der Waals surface area contributed by atoms with Crippen LogP contribution in [0.1, 0.15) is 27.7 Å². The highest BCUT2D eigenvalue weighted by molar-refractivity contribution is 7.91. The molecule has 0 atom stereocenters. The lowest BCUT2D eigenvalue weighted by Crippen LogP contribution is -2.34. The van der Waals surface area contributed by atoms with Crippen LogP contribution in [-0.2, 0) is 9.84 Å². The molecule has 0 N–H and O–H groups in total. The van der Waals surface area contributed by atoms with Crippen LogP contribution in [0.2, 0.25) is 0 Å². The van der Waals surface area contributed by atoms with E-state index in [1.54, 1.807) is 13.8 Å². The molecule has 7 nitrogen and oxygen atoms in total. The number of hydrogen-bond donors (Lipinski definition) is 0. The minimum Gasteiger partial charge on any atom is -0.323 e. The van der Waals surface area contributed by atoms with Crippen molar-refractivity contribution in [3.63, 3.8) is 0 Å². The van der Waals surface area contributed by atoms with Crippen LogP contribution in [0.15, 0.2) is 11.5 Å². The summed E-state index contributed by atoms with van der Waals surface area (Å²) in [7, 11) is -3.53. The van der Waals surface area contributed by atoms with Gasteiger partial charge in [0.2, 0.25) is 9.84 Å². The predicted octanol–water partition coefficient (Wildman–Crippen LogP) is 1.02. The van der Waals surface area contributed by atoms with Crippen LogP contribution in [0.25, 0.3) is 0 Å². The zero-order valence-electron chi connectivity index (χ0n) is 11.7. The Kier molecular flexibility index (Phi) is 5.04. The molecule has 1 amide bonds. The summed E-state index contributed by atoms with van der Waals surface area (Å²) in [6.07, 6.45) is 1.15. The fourth-order valence-corrected chi connectivity index (χ4v) is 3.08. The van der Waals surface area contributed by atoms with Crippen molar-refractivity contribution in [1.82, 2.24) is 19.7 Å². The zero-order valence-corrected chi connectivity index (χ0v) is 12.5. The van der Waals surface area contributed by atoms with E-state index < -0.39 is 9.84 Å². The summed E-state index contributed by atoms with van der Waals surface area (Å²) in [5.74, 6) is -0.0494. The van der Waals surface area contributed by atoms with Gasteiger partial charge in [0.15, 0.2) is 0 Å². The molecule has 19 heavy (non-hydrogen) atoms. The van der Waals surface area contributed by atoms with Crippen LogP contribution in [0.5, 0.6) is 0 Å². The Morgan fingerprint density at radius 1 is 1.37 bits per heavy atom. The second-order valence-corrected chi connectivity index (χ2v) is 6.53. The molecular weight excluding hydrogens is 268 g/mol. The van der Waals surface area contributed by atoms with Gasteiger partial charge in [0.1, 0.15) is 6.33 Å². The van der Waals surface area contributed by atoms with Crippen LogP contribution in [0, 0.1) is 5.92 Å². The summed E-state index contributed by atoms with van der Waals surface area (Å²) in [5.41, 5.74) is 0. The van der Waals surface area contributed by atoms with Crippen molar-refractivity contribution in [2.45, 2.75) is 32.9 Å². The van der Waals surface area contributed by atoms with Crippen molar-refractivity contribution in [2.75, 3.05) is 18.8 Å². The minimum absolute atomic E-state index is 0.0181. The third-order valence-electron chi connectivity index (χ3n) is 2.53. The summed E-state index contributed by atoms with van der Waals surface area (Å²) in [6, 6.07) is -0.372. The fraction of sp³-hybridized carbons (Fsp3) is 0.727. The topological polar surface area (TPSA) is 85.2 Å². The Morgan fingerprint density at radius 3 is 2.42 bits per heavy atom. The Morgan fingerprint density at radius 2 is 1.95 bits per heavy atom. The van der Waals surface area contributed by atoms with Gasteiger partial charge in [-0.15, -0.1) is 5.10 Å². The molecule has 108 valence electrons. The van der Waals surface area contributed by atoms with Crippen LogP contribution in [-0.4, -0.2) is 53.0 Å². The molecule has 0 bridgehead atoms. The number of hydrogen-bond acceptors (Lipinski definition) is 5. The van der Waals surface area contributed by atoms with Gasteiger partial charge in [-0.3, -0.25) is 0 Å². The lowest BCUT2D eigenvalue weighted by molar-refractivity contribution is 0.201. The van der Waals surface area contributed by atoms with E-state index in [-0.39, 0.29) is 22.9 Å². The summed E-state index contributed by atoms with van der Waals surface area (Å²) >= 11 is 0. The Bertz CT molecular complexity index is 532. The molecule has 0 aliphatic heterocycles. The maximum Gasteiger partial charge on any atom is 0.346 e. The molecule has 0 saturated heterocycles. The molecule has 0 unspecified atom stereocenters. The van der Waals surface area contributed by atoms with Crippen LogP contribution in [0.4, 0.5) is 4.79 Å². The number of sulfone groups is 1. The Hall–Kier alpha value is -1.44. The summed E-state index contributed by atoms with van der Waals surface area (Å²) < 4.78 is 24.8. The monoisotopic (exact) mass is 288 g/mol. The first-order valence-corrected chi connectivity index (χ1v) is 7.90. The SMILES string of the molecule is CCN(CC)C(=O)n1cnc(S(=O)(=O)CC(C)C)n1. The maximum atomic E-state index is 12.0. The van der Waals surface area contributed by atoms with E-state index in [0.717, 1.165) is 11.0 Å².